The molecule has 18 heavy (non-hydrogen) atoms. The van der Waals surface area contributed by atoms with Crippen LogP contribution in [0.2, 0.25) is 0 Å². The largest absolute Gasteiger partial charge is 0.392 e. The summed E-state index contributed by atoms with van der Waals surface area (Å²) < 4.78 is 0. The Hall–Kier alpha value is -1.09. The fourth-order valence-electron chi connectivity index (χ4n) is 2.77. The Labute approximate surface area is 110 Å². The van der Waals surface area contributed by atoms with Gasteiger partial charge in [0, 0.05) is 18.8 Å². The fraction of sp³-hybridized carbons (Fsp3) is 0.667. The summed E-state index contributed by atoms with van der Waals surface area (Å²) >= 11 is 0. The molecule has 1 aliphatic rings. The average molecular weight is 248 g/mol. The minimum atomic E-state index is 0.102. The quantitative estimate of drug-likeness (QED) is 0.870. The van der Waals surface area contributed by atoms with E-state index in [2.05, 4.69) is 18.9 Å². The molecule has 3 heteroatoms. The molecule has 0 unspecified atom stereocenters. The molecule has 1 heterocycles. The number of aliphatic hydroxyl groups excluding tert-OH is 1. The number of rotatable bonds is 5. The van der Waals surface area contributed by atoms with Crippen molar-refractivity contribution in [3.05, 3.63) is 23.4 Å². The molecule has 1 fully saturated rings. The molecule has 1 saturated carbocycles. The number of hydrogen-bond acceptors (Lipinski definition) is 3. The molecule has 0 radical (unpaired) electrons. The van der Waals surface area contributed by atoms with Gasteiger partial charge in [-0.3, -0.25) is 0 Å². The van der Waals surface area contributed by atoms with E-state index < -0.39 is 0 Å². The monoisotopic (exact) mass is 248 g/mol. The molecule has 100 valence electrons. The normalized spacial score (nSPS) is 16.2. The second kappa shape index (κ2) is 6.19. The highest BCUT2D eigenvalue weighted by atomic mass is 16.3. The van der Waals surface area contributed by atoms with Gasteiger partial charge in [-0.15, -0.1) is 0 Å². The van der Waals surface area contributed by atoms with Crippen molar-refractivity contribution in [1.82, 2.24) is 4.98 Å². The number of nitrogens with zero attached hydrogens (tertiary/aromatic N) is 2. The van der Waals surface area contributed by atoms with Crippen LogP contribution in [0.3, 0.4) is 0 Å². The second-order valence-electron chi connectivity index (χ2n) is 5.28. The third kappa shape index (κ3) is 3.02. The first-order chi connectivity index (χ1) is 8.74. The number of aliphatic hydroxyl groups is 1. The zero-order valence-electron chi connectivity index (χ0n) is 11.5. The van der Waals surface area contributed by atoms with Crippen molar-refractivity contribution in [2.24, 2.45) is 0 Å². The fourth-order valence-corrected chi connectivity index (χ4v) is 2.77. The first-order valence-corrected chi connectivity index (χ1v) is 7.08. The summed E-state index contributed by atoms with van der Waals surface area (Å²) in [4.78, 5) is 7.03. The highest BCUT2D eigenvalue weighted by Crippen LogP contribution is 2.26. The average Bonchev–Trinajstić information content (AvgIpc) is 2.91. The first-order valence-electron chi connectivity index (χ1n) is 7.08. The van der Waals surface area contributed by atoms with Gasteiger partial charge in [-0.05, 0) is 37.0 Å². The number of hydrogen-bond donors (Lipinski definition) is 1. The molecule has 3 nitrogen and oxygen atoms in total. The summed E-state index contributed by atoms with van der Waals surface area (Å²) in [6, 6.07) is 4.67. The molecule has 0 aromatic carbocycles. The topological polar surface area (TPSA) is 36.4 Å². The summed E-state index contributed by atoms with van der Waals surface area (Å²) in [6.45, 7) is 2.26. The Morgan fingerprint density at radius 2 is 2.06 bits per heavy atom. The van der Waals surface area contributed by atoms with Gasteiger partial charge < -0.3 is 10.0 Å². The molecule has 2 rings (SSSR count). The van der Waals surface area contributed by atoms with Crippen molar-refractivity contribution in [3.63, 3.8) is 0 Å². The standard InChI is InChI=1S/C15H24N2O/c1-3-6-13-9-12(11-18)10-15(16-13)17(2)14-7-4-5-8-14/h9-10,14,18H,3-8,11H2,1-2H3. The predicted molar refractivity (Wildman–Crippen MR) is 74.8 cm³/mol. The molecule has 1 N–H and O–H groups in total. The Bertz CT molecular complexity index is 386. The van der Waals surface area contributed by atoms with Gasteiger partial charge in [0.2, 0.25) is 0 Å². The van der Waals surface area contributed by atoms with Crippen molar-refractivity contribution in [2.45, 2.75) is 58.1 Å². The zero-order valence-corrected chi connectivity index (χ0v) is 11.5. The summed E-state index contributed by atoms with van der Waals surface area (Å²) in [7, 11) is 2.13. The maximum absolute atomic E-state index is 9.36. The maximum Gasteiger partial charge on any atom is 0.129 e. The number of anilines is 1. The first kappa shape index (κ1) is 13.3. The van der Waals surface area contributed by atoms with Crippen LogP contribution in [0.15, 0.2) is 12.1 Å². The lowest BCUT2D eigenvalue weighted by molar-refractivity contribution is 0.281. The minimum Gasteiger partial charge on any atom is -0.392 e. The van der Waals surface area contributed by atoms with E-state index in [0.29, 0.717) is 6.04 Å². The van der Waals surface area contributed by atoms with E-state index >= 15 is 0 Å². The van der Waals surface area contributed by atoms with E-state index in [1.807, 2.05) is 12.1 Å². The summed E-state index contributed by atoms with van der Waals surface area (Å²) in [6.07, 6.45) is 7.27. The summed E-state index contributed by atoms with van der Waals surface area (Å²) in [5.41, 5.74) is 2.08. The van der Waals surface area contributed by atoms with Gasteiger partial charge in [0.05, 0.1) is 6.61 Å². The van der Waals surface area contributed by atoms with Crippen LogP contribution in [0.25, 0.3) is 0 Å². The molecule has 0 spiro atoms. The van der Waals surface area contributed by atoms with Crippen LogP contribution in [-0.4, -0.2) is 23.2 Å². The molecule has 0 saturated heterocycles. The van der Waals surface area contributed by atoms with Crippen molar-refractivity contribution < 1.29 is 5.11 Å². The molecular weight excluding hydrogens is 224 g/mol. The number of pyridine rings is 1. The van der Waals surface area contributed by atoms with E-state index in [1.54, 1.807) is 0 Å². The van der Waals surface area contributed by atoms with Crippen molar-refractivity contribution in [3.8, 4) is 0 Å². The summed E-state index contributed by atoms with van der Waals surface area (Å²) in [5, 5.41) is 9.36. The van der Waals surface area contributed by atoms with Gasteiger partial charge in [-0.2, -0.15) is 0 Å². The lowest BCUT2D eigenvalue weighted by Crippen LogP contribution is -2.29. The Morgan fingerprint density at radius 3 is 2.67 bits per heavy atom. The van der Waals surface area contributed by atoms with E-state index in [0.717, 1.165) is 29.9 Å². The Kier molecular flexibility index (Phi) is 4.59. The van der Waals surface area contributed by atoms with Crippen LogP contribution >= 0.6 is 0 Å². The molecule has 1 aliphatic carbocycles. The van der Waals surface area contributed by atoms with Crippen molar-refractivity contribution in [2.75, 3.05) is 11.9 Å². The van der Waals surface area contributed by atoms with Gasteiger partial charge >= 0.3 is 0 Å². The number of aromatic nitrogens is 1. The zero-order chi connectivity index (χ0) is 13.0. The Morgan fingerprint density at radius 1 is 1.33 bits per heavy atom. The highest BCUT2D eigenvalue weighted by molar-refractivity contribution is 5.43. The van der Waals surface area contributed by atoms with Crippen molar-refractivity contribution >= 4 is 5.82 Å². The third-order valence-electron chi connectivity index (χ3n) is 3.85. The van der Waals surface area contributed by atoms with Crippen LogP contribution in [0.4, 0.5) is 5.82 Å². The lowest BCUT2D eigenvalue weighted by atomic mass is 10.1. The van der Waals surface area contributed by atoms with Crippen molar-refractivity contribution in [1.29, 1.82) is 0 Å². The van der Waals surface area contributed by atoms with Gasteiger partial charge in [-0.25, -0.2) is 4.98 Å². The van der Waals surface area contributed by atoms with E-state index in [4.69, 9.17) is 4.98 Å². The molecule has 1 aromatic rings. The third-order valence-corrected chi connectivity index (χ3v) is 3.85. The van der Waals surface area contributed by atoms with Gasteiger partial charge in [0.25, 0.3) is 0 Å². The van der Waals surface area contributed by atoms with Crippen LogP contribution in [0.5, 0.6) is 0 Å². The van der Waals surface area contributed by atoms with Gasteiger partial charge in [0.15, 0.2) is 0 Å². The Balaban J connectivity index is 2.21. The SMILES string of the molecule is CCCc1cc(CO)cc(N(C)C2CCCC2)n1. The van der Waals surface area contributed by atoms with E-state index in [-0.39, 0.29) is 6.61 Å². The van der Waals surface area contributed by atoms with Crippen LogP contribution in [-0.2, 0) is 13.0 Å². The van der Waals surface area contributed by atoms with E-state index in [9.17, 15) is 5.11 Å². The van der Waals surface area contributed by atoms with E-state index in [1.165, 1.54) is 25.7 Å². The van der Waals surface area contributed by atoms with Gasteiger partial charge in [0.1, 0.15) is 5.82 Å². The molecule has 0 aliphatic heterocycles. The van der Waals surface area contributed by atoms with Crippen LogP contribution in [0.1, 0.15) is 50.3 Å². The lowest BCUT2D eigenvalue weighted by Gasteiger charge is -2.26. The molecule has 0 atom stereocenters. The maximum atomic E-state index is 9.36. The number of aryl methyl sites for hydroxylation is 1. The molecule has 0 amide bonds. The highest BCUT2D eigenvalue weighted by Gasteiger charge is 2.21. The summed E-state index contributed by atoms with van der Waals surface area (Å²) in [5.74, 6) is 1.02. The second-order valence-corrected chi connectivity index (χ2v) is 5.28. The predicted octanol–water partition coefficient (Wildman–Crippen LogP) is 2.91. The smallest absolute Gasteiger partial charge is 0.129 e. The minimum absolute atomic E-state index is 0.102. The van der Waals surface area contributed by atoms with Crippen LogP contribution in [0, 0.1) is 0 Å². The van der Waals surface area contributed by atoms with Crippen LogP contribution < -0.4 is 4.90 Å². The molecular formula is C15H24N2O. The molecule has 1 aromatic heterocycles. The molecule has 0 bridgehead atoms. The van der Waals surface area contributed by atoms with Gasteiger partial charge in [-0.1, -0.05) is 26.2 Å².